The molecular weight excluding hydrogens is 272 g/mol. The Hall–Kier alpha value is -2.14. The topological polar surface area (TPSA) is 83.8 Å². The van der Waals surface area contributed by atoms with Gasteiger partial charge in [0.2, 0.25) is 0 Å². The summed E-state index contributed by atoms with van der Waals surface area (Å²) in [6.45, 7) is 3.98. The Morgan fingerprint density at radius 3 is 2.19 bits per heavy atom. The number of carboxylic acid groups (broad SMARTS) is 1. The largest absolute Gasteiger partial charge is 0.478 e. The zero-order valence-electron chi connectivity index (χ0n) is 12.0. The van der Waals surface area contributed by atoms with E-state index in [4.69, 9.17) is 14.9 Å². The van der Waals surface area contributed by atoms with Gasteiger partial charge in [0.25, 0.3) is 0 Å². The molecule has 0 aliphatic heterocycles. The van der Waals surface area contributed by atoms with Crippen LogP contribution in [0.1, 0.15) is 36.0 Å². The van der Waals surface area contributed by atoms with Gasteiger partial charge in [0, 0.05) is 12.7 Å². The normalized spacial score (nSPS) is 9.19. The minimum absolute atomic E-state index is 0.243. The highest BCUT2D eigenvalue weighted by Crippen LogP contribution is 1.99. The van der Waals surface area contributed by atoms with Crippen molar-refractivity contribution in [2.45, 2.75) is 25.7 Å². The van der Waals surface area contributed by atoms with Gasteiger partial charge < -0.3 is 14.9 Å². The van der Waals surface area contributed by atoms with Crippen molar-refractivity contribution in [3.05, 3.63) is 48.6 Å². The quantitative estimate of drug-likeness (QED) is 0.437. The van der Waals surface area contributed by atoms with Crippen LogP contribution >= 0.6 is 0 Å². The van der Waals surface area contributed by atoms with Gasteiger partial charge >= 0.3 is 11.9 Å². The van der Waals surface area contributed by atoms with Crippen LogP contribution < -0.4 is 0 Å². The van der Waals surface area contributed by atoms with Crippen molar-refractivity contribution in [3.63, 3.8) is 0 Å². The molecule has 116 valence electrons. The third-order valence-corrected chi connectivity index (χ3v) is 2.48. The van der Waals surface area contributed by atoms with E-state index < -0.39 is 5.97 Å². The summed E-state index contributed by atoms with van der Waals surface area (Å²) in [5.41, 5.74) is 0.331. The van der Waals surface area contributed by atoms with Gasteiger partial charge in [-0.05, 0) is 31.4 Å². The summed E-state index contributed by atoms with van der Waals surface area (Å²) in [4.78, 5) is 20.7. The summed E-state index contributed by atoms with van der Waals surface area (Å²) in [7, 11) is 0. The van der Waals surface area contributed by atoms with Gasteiger partial charge in [-0.3, -0.25) is 0 Å². The molecule has 1 aromatic rings. The lowest BCUT2D eigenvalue weighted by molar-refractivity contribution is -0.137. The lowest BCUT2D eigenvalue weighted by Gasteiger charge is -2.00. The number of unbranched alkanes of at least 4 members (excludes halogenated alkanes) is 3. The smallest absolute Gasteiger partial charge is 0.335 e. The summed E-state index contributed by atoms with van der Waals surface area (Å²) < 4.78 is 4.75. The molecule has 0 aromatic heterocycles. The van der Waals surface area contributed by atoms with E-state index in [0.29, 0.717) is 12.2 Å². The number of ether oxygens (including phenoxy) is 1. The van der Waals surface area contributed by atoms with E-state index in [1.54, 1.807) is 30.3 Å². The fourth-order valence-electron chi connectivity index (χ4n) is 1.38. The van der Waals surface area contributed by atoms with Crippen LogP contribution in [0.15, 0.2) is 43.0 Å². The van der Waals surface area contributed by atoms with E-state index in [-0.39, 0.29) is 12.6 Å². The highest BCUT2D eigenvalue weighted by atomic mass is 16.5. The summed E-state index contributed by atoms with van der Waals surface area (Å²) in [6, 6.07) is 8.30. The van der Waals surface area contributed by atoms with Gasteiger partial charge in [-0.25, -0.2) is 9.59 Å². The molecule has 0 aliphatic carbocycles. The molecule has 21 heavy (non-hydrogen) atoms. The second-order valence-electron chi connectivity index (χ2n) is 4.18. The first kappa shape index (κ1) is 18.9. The van der Waals surface area contributed by atoms with Crippen LogP contribution in [-0.2, 0) is 9.53 Å². The van der Waals surface area contributed by atoms with Crippen molar-refractivity contribution in [1.29, 1.82) is 0 Å². The van der Waals surface area contributed by atoms with Crippen LogP contribution in [0, 0.1) is 0 Å². The van der Waals surface area contributed by atoms with Gasteiger partial charge in [0.15, 0.2) is 0 Å². The Morgan fingerprint density at radius 2 is 1.71 bits per heavy atom. The Balaban J connectivity index is 0.000000394. The number of rotatable bonds is 8. The molecule has 1 aromatic carbocycles. The number of hydrogen-bond acceptors (Lipinski definition) is 4. The fraction of sp³-hybridized carbons (Fsp3) is 0.375. The number of aliphatic hydroxyl groups is 1. The SMILES string of the molecule is C=CC(=O)OCCCCCCO.O=C(O)c1ccccc1. The molecule has 5 heteroatoms. The highest BCUT2D eigenvalue weighted by Gasteiger charge is 1.96. The molecule has 0 unspecified atom stereocenters. The molecule has 5 nitrogen and oxygen atoms in total. The maximum atomic E-state index is 10.5. The molecule has 0 spiro atoms. The Labute approximate surface area is 124 Å². The second-order valence-corrected chi connectivity index (χ2v) is 4.18. The number of benzene rings is 1. The predicted molar refractivity (Wildman–Crippen MR) is 80.1 cm³/mol. The predicted octanol–water partition coefficient (Wildman–Crippen LogP) is 2.65. The molecule has 0 radical (unpaired) electrons. The maximum absolute atomic E-state index is 10.5. The molecule has 2 N–H and O–H groups in total. The first-order valence-corrected chi connectivity index (χ1v) is 6.80. The summed E-state index contributed by atoms with van der Waals surface area (Å²) >= 11 is 0. The van der Waals surface area contributed by atoms with Crippen molar-refractivity contribution < 1.29 is 24.5 Å². The van der Waals surface area contributed by atoms with Gasteiger partial charge in [-0.1, -0.05) is 31.2 Å². The lowest BCUT2D eigenvalue weighted by atomic mass is 10.2. The Morgan fingerprint density at radius 1 is 1.10 bits per heavy atom. The van der Waals surface area contributed by atoms with Gasteiger partial charge in [0.1, 0.15) is 0 Å². The number of esters is 1. The van der Waals surface area contributed by atoms with Gasteiger partial charge in [-0.2, -0.15) is 0 Å². The molecule has 0 amide bonds. The minimum Gasteiger partial charge on any atom is -0.478 e. The van der Waals surface area contributed by atoms with E-state index in [1.807, 2.05) is 0 Å². The monoisotopic (exact) mass is 294 g/mol. The van der Waals surface area contributed by atoms with Gasteiger partial charge in [-0.15, -0.1) is 0 Å². The van der Waals surface area contributed by atoms with Crippen LogP contribution in [-0.4, -0.2) is 35.4 Å². The van der Waals surface area contributed by atoms with Crippen LogP contribution in [0.4, 0.5) is 0 Å². The van der Waals surface area contributed by atoms with E-state index in [0.717, 1.165) is 31.8 Å². The number of carboxylic acids is 1. The summed E-state index contributed by atoms with van der Waals surface area (Å²) in [6.07, 6.45) is 4.83. The number of aromatic carboxylic acids is 1. The van der Waals surface area contributed by atoms with Gasteiger partial charge in [0.05, 0.1) is 12.2 Å². The van der Waals surface area contributed by atoms with Crippen molar-refractivity contribution in [3.8, 4) is 0 Å². The third-order valence-electron chi connectivity index (χ3n) is 2.48. The average molecular weight is 294 g/mol. The molecule has 0 saturated carbocycles. The zero-order valence-corrected chi connectivity index (χ0v) is 12.0. The zero-order chi connectivity index (χ0) is 15.9. The summed E-state index contributed by atoms with van der Waals surface area (Å²) in [5.74, 6) is -1.24. The number of aliphatic hydroxyl groups excluding tert-OH is 1. The van der Waals surface area contributed by atoms with Crippen LogP contribution in [0.25, 0.3) is 0 Å². The molecule has 0 heterocycles. The lowest BCUT2D eigenvalue weighted by Crippen LogP contribution is -2.01. The van der Waals surface area contributed by atoms with Crippen molar-refractivity contribution in [2.75, 3.05) is 13.2 Å². The third kappa shape index (κ3) is 11.4. The second kappa shape index (κ2) is 12.9. The summed E-state index contributed by atoms with van der Waals surface area (Å²) in [5, 5.41) is 16.8. The molecule has 0 aliphatic rings. The van der Waals surface area contributed by atoms with Crippen LogP contribution in [0.3, 0.4) is 0 Å². The molecule has 0 fully saturated rings. The van der Waals surface area contributed by atoms with E-state index in [1.165, 1.54) is 0 Å². The maximum Gasteiger partial charge on any atom is 0.335 e. The first-order valence-electron chi connectivity index (χ1n) is 6.80. The first-order chi connectivity index (χ1) is 10.1. The van der Waals surface area contributed by atoms with E-state index >= 15 is 0 Å². The number of hydrogen-bond donors (Lipinski definition) is 2. The van der Waals surface area contributed by atoms with E-state index in [2.05, 4.69) is 6.58 Å². The number of carbonyl (C=O) groups is 2. The Bertz CT molecular complexity index is 414. The molecule has 0 atom stereocenters. The molecule has 0 bridgehead atoms. The molecular formula is C16H22O5. The standard InChI is InChI=1S/C9H16O3.C7H6O2/c1-2-9(11)12-8-6-4-3-5-7-10;8-7(9)6-4-2-1-3-5-6/h2,10H,1,3-8H2;1-5H,(H,8,9). The Kier molecular flexibility index (Phi) is 11.6. The van der Waals surface area contributed by atoms with Crippen LogP contribution in [0.2, 0.25) is 0 Å². The number of carbonyl (C=O) groups excluding carboxylic acids is 1. The highest BCUT2D eigenvalue weighted by molar-refractivity contribution is 5.87. The average Bonchev–Trinajstić information content (AvgIpc) is 2.52. The van der Waals surface area contributed by atoms with Crippen molar-refractivity contribution in [1.82, 2.24) is 0 Å². The van der Waals surface area contributed by atoms with Crippen molar-refractivity contribution >= 4 is 11.9 Å². The fourth-order valence-corrected chi connectivity index (χ4v) is 1.38. The van der Waals surface area contributed by atoms with Crippen LogP contribution in [0.5, 0.6) is 0 Å². The molecule has 1 rings (SSSR count). The molecule has 0 saturated heterocycles. The van der Waals surface area contributed by atoms with E-state index in [9.17, 15) is 9.59 Å². The minimum atomic E-state index is -0.879. The van der Waals surface area contributed by atoms with Crippen molar-refractivity contribution in [2.24, 2.45) is 0 Å².